The zero-order chi connectivity index (χ0) is 20.3. The predicted octanol–water partition coefficient (Wildman–Crippen LogP) is 2.11. The Kier molecular flexibility index (Phi) is 4.15. The lowest BCUT2D eigenvalue weighted by atomic mass is 10.3. The first kappa shape index (κ1) is 18.4. The molecule has 0 saturated carbocycles. The van der Waals surface area contributed by atoms with Crippen molar-refractivity contribution in [1.29, 1.82) is 0 Å². The fraction of sp³-hybridized carbons (Fsp3) is 0.263. The van der Waals surface area contributed by atoms with Crippen molar-refractivity contribution in [2.45, 2.75) is 27.3 Å². The first-order chi connectivity index (χ1) is 13.2. The van der Waals surface area contributed by atoms with Gasteiger partial charge in [0.2, 0.25) is 5.78 Å². The minimum absolute atomic E-state index is 0.264. The van der Waals surface area contributed by atoms with Gasteiger partial charge < -0.3 is 0 Å². The standard InChI is InChI=1S/C19H18BrN5O3/c1-10(26)9-23-17(27)15-16(22(4)19(23)28)21-18-24(11(2)12(3)25(15)18)14-7-5-13(20)6-8-14/h5-8H,9H2,1-4H3. The molecule has 0 bridgehead atoms. The van der Waals surface area contributed by atoms with Crippen LogP contribution in [0.15, 0.2) is 38.3 Å². The second-order valence-electron chi connectivity index (χ2n) is 6.84. The largest absolute Gasteiger partial charge is 0.332 e. The highest BCUT2D eigenvalue weighted by Crippen LogP contribution is 2.25. The monoisotopic (exact) mass is 443 g/mol. The number of hydrogen-bond donors (Lipinski definition) is 0. The van der Waals surface area contributed by atoms with Gasteiger partial charge in [-0.05, 0) is 45.0 Å². The molecule has 3 aromatic heterocycles. The highest BCUT2D eigenvalue weighted by atomic mass is 79.9. The van der Waals surface area contributed by atoms with E-state index in [4.69, 9.17) is 0 Å². The molecule has 9 heteroatoms. The lowest BCUT2D eigenvalue weighted by Gasteiger charge is -2.07. The molecule has 28 heavy (non-hydrogen) atoms. The van der Waals surface area contributed by atoms with Crippen molar-refractivity contribution in [2.24, 2.45) is 7.05 Å². The van der Waals surface area contributed by atoms with Crippen molar-refractivity contribution in [3.8, 4) is 5.69 Å². The molecule has 0 unspecified atom stereocenters. The second kappa shape index (κ2) is 6.30. The van der Waals surface area contributed by atoms with E-state index in [-0.39, 0.29) is 17.8 Å². The van der Waals surface area contributed by atoms with E-state index in [9.17, 15) is 14.4 Å². The second-order valence-corrected chi connectivity index (χ2v) is 7.75. The number of Topliss-reactive ketones (excluding diaryl/α,β-unsaturated/α-hetero) is 1. The Morgan fingerprint density at radius 1 is 1.11 bits per heavy atom. The van der Waals surface area contributed by atoms with Crippen molar-refractivity contribution in [2.75, 3.05) is 0 Å². The van der Waals surface area contributed by atoms with Crippen molar-refractivity contribution in [3.05, 3.63) is 61.0 Å². The Morgan fingerprint density at radius 3 is 2.36 bits per heavy atom. The Morgan fingerprint density at radius 2 is 1.75 bits per heavy atom. The minimum atomic E-state index is -0.557. The summed E-state index contributed by atoms with van der Waals surface area (Å²) < 4.78 is 6.93. The number of hydrogen-bond acceptors (Lipinski definition) is 4. The number of benzene rings is 1. The average Bonchev–Trinajstić information content (AvgIpc) is 3.14. The van der Waals surface area contributed by atoms with Crippen LogP contribution in [0.2, 0.25) is 0 Å². The molecule has 0 aliphatic heterocycles. The van der Waals surface area contributed by atoms with E-state index < -0.39 is 11.2 Å². The number of carbonyl (C=O) groups is 1. The molecule has 1 aromatic carbocycles. The van der Waals surface area contributed by atoms with Gasteiger partial charge in [0.15, 0.2) is 11.2 Å². The fourth-order valence-electron chi connectivity index (χ4n) is 3.51. The molecule has 4 aromatic rings. The van der Waals surface area contributed by atoms with Gasteiger partial charge in [0.05, 0.1) is 6.54 Å². The lowest BCUT2D eigenvalue weighted by Crippen LogP contribution is -2.40. The summed E-state index contributed by atoms with van der Waals surface area (Å²) in [6, 6.07) is 7.75. The van der Waals surface area contributed by atoms with E-state index in [0.29, 0.717) is 11.4 Å². The van der Waals surface area contributed by atoms with E-state index in [1.54, 1.807) is 11.4 Å². The molecule has 8 nitrogen and oxygen atoms in total. The maximum Gasteiger partial charge on any atom is 0.332 e. The van der Waals surface area contributed by atoms with Gasteiger partial charge in [-0.1, -0.05) is 15.9 Å². The number of aromatic nitrogens is 5. The van der Waals surface area contributed by atoms with Crippen LogP contribution in [0.4, 0.5) is 0 Å². The summed E-state index contributed by atoms with van der Waals surface area (Å²) in [5.41, 5.74) is 2.16. The number of carbonyl (C=O) groups excluding carboxylic acids is 1. The number of rotatable bonds is 3. The summed E-state index contributed by atoms with van der Waals surface area (Å²) in [6.45, 7) is 4.94. The topological polar surface area (TPSA) is 83.3 Å². The third-order valence-corrected chi connectivity index (χ3v) is 5.51. The fourth-order valence-corrected chi connectivity index (χ4v) is 3.78. The smallest absolute Gasteiger partial charge is 0.298 e. The Bertz CT molecular complexity index is 1390. The van der Waals surface area contributed by atoms with Gasteiger partial charge in [-0.15, -0.1) is 0 Å². The molecule has 0 aliphatic carbocycles. The summed E-state index contributed by atoms with van der Waals surface area (Å²) in [5, 5.41) is 0. The normalized spacial score (nSPS) is 11.6. The molecule has 0 N–H and O–H groups in total. The number of nitrogens with zero attached hydrogens (tertiary/aromatic N) is 5. The molecule has 0 saturated heterocycles. The molecule has 0 radical (unpaired) electrons. The van der Waals surface area contributed by atoms with Gasteiger partial charge in [0, 0.05) is 28.6 Å². The minimum Gasteiger partial charge on any atom is -0.298 e. The lowest BCUT2D eigenvalue weighted by molar-refractivity contribution is -0.117. The molecule has 0 amide bonds. The van der Waals surface area contributed by atoms with E-state index in [0.717, 1.165) is 26.1 Å². The van der Waals surface area contributed by atoms with Crippen LogP contribution >= 0.6 is 15.9 Å². The number of halogens is 1. The molecular weight excluding hydrogens is 426 g/mol. The summed E-state index contributed by atoms with van der Waals surface area (Å²) in [4.78, 5) is 41.9. The zero-order valence-electron chi connectivity index (χ0n) is 15.9. The van der Waals surface area contributed by atoms with Crippen LogP contribution in [-0.2, 0) is 18.4 Å². The summed E-state index contributed by atoms with van der Waals surface area (Å²) in [7, 11) is 1.55. The van der Waals surface area contributed by atoms with E-state index in [1.165, 1.54) is 11.5 Å². The van der Waals surface area contributed by atoms with E-state index >= 15 is 0 Å². The van der Waals surface area contributed by atoms with Gasteiger partial charge >= 0.3 is 5.69 Å². The third-order valence-electron chi connectivity index (χ3n) is 4.98. The molecule has 3 heterocycles. The van der Waals surface area contributed by atoms with Gasteiger partial charge in [-0.3, -0.25) is 27.7 Å². The molecule has 0 spiro atoms. The summed E-state index contributed by atoms with van der Waals surface area (Å²) in [6.07, 6.45) is 0. The summed E-state index contributed by atoms with van der Waals surface area (Å²) >= 11 is 3.43. The number of ketones is 1. The maximum absolute atomic E-state index is 13.1. The van der Waals surface area contributed by atoms with Crippen LogP contribution in [0.3, 0.4) is 0 Å². The van der Waals surface area contributed by atoms with Gasteiger partial charge in [-0.25, -0.2) is 4.79 Å². The summed E-state index contributed by atoms with van der Waals surface area (Å²) in [5.74, 6) is 0.277. The van der Waals surface area contributed by atoms with Gasteiger partial charge in [0.25, 0.3) is 5.56 Å². The zero-order valence-corrected chi connectivity index (χ0v) is 17.4. The molecule has 0 atom stereocenters. The Hall–Kier alpha value is -2.94. The van der Waals surface area contributed by atoms with Crippen molar-refractivity contribution in [3.63, 3.8) is 0 Å². The maximum atomic E-state index is 13.1. The van der Waals surface area contributed by atoms with Crippen LogP contribution in [0.5, 0.6) is 0 Å². The van der Waals surface area contributed by atoms with Crippen LogP contribution in [0, 0.1) is 13.8 Å². The Balaban J connectivity index is 2.18. The van der Waals surface area contributed by atoms with Gasteiger partial charge in [-0.2, -0.15) is 4.98 Å². The molecular formula is C19H18BrN5O3. The van der Waals surface area contributed by atoms with Crippen molar-refractivity contribution >= 4 is 38.7 Å². The van der Waals surface area contributed by atoms with Crippen LogP contribution in [0.25, 0.3) is 22.6 Å². The number of aryl methyl sites for hydroxylation is 2. The van der Waals surface area contributed by atoms with Crippen LogP contribution in [-0.4, -0.2) is 28.9 Å². The van der Waals surface area contributed by atoms with E-state index in [2.05, 4.69) is 20.9 Å². The van der Waals surface area contributed by atoms with Crippen LogP contribution < -0.4 is 11.2 Å². The number of imidazole rings is 2. The highest BCUT2D eigenvalue weighted by Gasteiger charge is 2.23. The molecule has 0 fully saturated rings. The van der Waals surface area contributed by atoms with Crippen molar-refractivity contribution < 1.29 is 4.79 Å². The molecule has 144 valence electrons. The van der Waals surface area contributed by atoms with Crippen LogP contribution in [0.1, 0.15) is 18.3 Å². The molecule has 0 aliphatic rings. The van der Waals surface area contributed by atoms with E-state index in [1.807, 2.05) is 42.7 Å². The van der Waals surface area contributed by atoms with Crippen molar-refractivity contribution in [1.82, 2.24) is 23.1 Å². The average molecular weight is 444 g/mol. The molecule has 4 rings (SSSR count). The highest BCUT2D eigenvalue weighted by molar-refractivity contribution is 9.10. The quantitative estimate of drug-likeness (QED) is 0.485. The third kappa shape index (κ3) is 2.50. The first-order valence-corrected chi connectivity index (χ1v) is 9.47. The SMILES string of the molecule is CC(=O)Cn1c(=O)c2c(nc3n(-c4ccc(Br)cc4)c(C)c(C)n23)n(C)c1=O. The number of fused-ring (bicyclic) bond motifs is 3. The van der Waals surface area contributed by atoms with Gasteiger partial charge in [0.1, 0.15) is 5.78 Å². The first-order valence-electron chi connectivity index (χ1n) is 8.67. The predicted molar refractivity (Wildman–Crippen MR) is 109 cm³/mol. The Labute approximate surface area is 167 Å².